The molecule has 11 heteroatoms. The highest BCUT2D eigenvalue weighted by Crippen LogP contribution is 2.26. The molecule has 8 unspecified atom stereocenters. The van der Waals surface area contributed by atoms with Gasteiger partial charge in [-0.2, -0.15) is 0 Å². The lowest BCUT2D eigenvalue weighted by atomic mass is 9.99. The average molecular weight is 1220 g/mol. The second-order valence-electron chi connectivity index (χ2n) is 25.0. The van der Waals surface area contributed by atoms with Crippen LogP contribution in [0.2, 0.25) is 0 Å². The molecule has 11 nitrogen and oxygen atoms in total. The maximum atomic E-state index is 13.5. The van der Waals surface area contributed by atoms with Gasteiger partial charge in [-0.05, 0) is 103 Å². The standard InChI is InChI=1S/C76H135NO10/c1-4-7-10-13-16-19-22-25-27-29-31-32-33-34-35-36-37-38-39-41-43-46-49-52-55-58-61-64-71(81)87-74-73(83)72(82)70(65-78)86-76(74)85-66-67(68(79)62-59-56-53-50-47-44-24-21-18-15-12-9-6-3)77-75(84)69(80)63-60-57-54-51-48-45-42-40-30-28-26-23-20-17-14-11-8-5-2/h16-17,19-20,25-28,31-32,40,42,59,62,67-70,72-74,76,78-80,82-83H,4-15,18,21-24,29-30,33-39,41,43-58,60-61,63-66H2,1-3H3,(H,77,84)/b19-16-,20-17-,27-25-,28-26-,32-31-,42-40-,62-59+. The minimum Gasteiger partial charge on any atom is -0.454 e. The molecule has 0 spiro atoms. The lowest BCUT2D eigenvalue weighted by Gasteiger charge is -2.41. The molecule has 504 valence electrons. The van der Waals surface area contributed by atoms with E-state index in [1.807, 2.05) is 6.08 Å². The fourth-order valence-electron chi connectivity index (χ4n) is 11.0. The van der Waals surface area contributed by atoms with Crippen LogP contribution in [0.15, 0.2) is 85.1 Å². The molecule has 0 saturated carbocycles. The van der Waals surface area contributed by atoms with Crippen molar-refractivity contribution in [2.24, 2.45) is 0 Å². The number of hydrogen-bond acceptors (Lipinski definition) is 10. The van der Waals surface area contributed by atoms with E-state index in [9.17, 15) is 35.1 Å². The molecule has 1 aliphatic rings. The average Bonchev–Trinajstić information content (AvgIpc) is 2.51. The topological polar surface area (TPSA) is 175 Å². The number of esters is 1. The smallest absolute Gasteiger partial charge is 0.306 e. The van der Waals surface area contributed by atoms with Crippen LogP contribution in [0.3, 0.4) is 0 Å². The van der Waals surface area contributed by atoms with E-state index < -0.39 is 67.4 Å². The van der Waals surface area contributed by atoms with E-state index in [-0.39, 0.29) is 19.4 Å². The Morgan fingerprint density at radius 1 is 0.448 bits per heavy atom. The van der Waals surface area contributed by atoms with Crippen molar-refractivity contribution in [3.05, 3.63) is 85.1 Å². The van der Waals surface area contributed by atoms with Crippen LogP contribution in [0.4, 0.5) is 0 Å². The molecular weight excluding hydrogens is 1090 g/mol. The summed E-state index contributed by atoms with van der Waals surface area (Å²) in [6.07, 6.45) is 73.3. The number of aliphatic hydroxyl groups is 5. The van der Waals surface area contributed by atoms with Crippen LogP contribution in [0.5, 0.6) is 0 Å². The fraction of sp³-hybridized carbons (Fsp3) is 0.789. The van der Waals surface area contributed by atoms with Crippen LogP contribution >= 0.6 is 0 Å². The monoisotopic (exact) mass is 1220 g/mol. The summed E-state index contributed by atoms with van der Waals surface area (Å²) < 4.78 is 17.7. The van der Waals surface area contributed by atoms with Crippen molar-refractivity contribution in [3.8, 4) is 0 Å². The molecule has 1 aliphatic heterocycles. The summed E-state index contributed by atoms with van der Waals surface area (Å²) in [4.78, 5) is 26.7. The van der Waals surface area contributed by atoms with E-state index in [2.05, 4.69) is 99.0 Å². The van der Waals surface area contributed by atoms with Gasteiger partial charge in [-0.15, -0.1) is 0 Å². The van der Waals surface area contributed by atoms with Gasteiger partial charge in [-0.25, -0.2) is 0 Å². The Bertz CT molecular complexity index is 1740. The van der Waals surface area contributed by atoms with E-state index in [0.717, 1.165) is 96.3 Å². The highest BCUT2D eigenvalue weighted by atomic mass is 16.7. The van der Waals surface area contributed by atoms with E-state index in [1.165, 1.54) is 180 Å². The quantitative estimate of drug-likeness (QED) is 0.0195. The van der Waals surface area contributed by atoms with Crippen molar-refractivity contribution in [1.29, 1.82) is 0 Å². The maximum Gasteiger partial charge on any atom is 0.306 e. The number of nitrogens with one attached hydrogen (secondary N) is 1. The predicted octanol–water partition coefficient (Wildman–Crippen LogP) is 18.8. The minimum absolute atomic E-state index is 0.119. The second-order valence-corrected chi connectivity index (χ2v) is 25.0. The lowest BCUT2D eigenvalue weighted by molar-refractivity contribution is -0.305. The highest BCUT2D eigenvalue weighted by molar-refractivity contribution is 5.80. The molecule has 0 aliphatic carbocycles. The third-order valence-electron chi connectivity index (χ3n) is 16.8. The van der Waals surface area contributed by atoms with E-state index in [1.54, 1.807) is 6.08 Å². The summed E-state index contributed by atoms with van der Waals surface area (Å²) in [5, 5.41) is 57.3. The first-order valence-electron chi connectivity index (χ1n) is 36.4. The van der Waals surface area contributed by atoms with E-state index >= 15 is 0 Å². The predicted molar refractivity (Wildman–Crippen MR) is 366 cm³/mol. The SMILES string of the molecule is CCCCC/C=C\C/C=C\C/C=C\CCCCCCCCCCCCCCCCC(=O)OC1C(OCC(NC(=O)C(O)CCCCCCC/C=C\C/C=C\C/C=C\CCCCC)C(O)/C=C/CCCCCCCCCCCCC)OC(CO)C(O)C1O. The van der Waals surface area contributed by atoms with Gasteiger partial charge < -0.3 is 45.1 Å². The largest absolute Gasteiger partial charge is 0.454 e. The molecule has 1 amide bonds. The molecule has 1 rings (SSSR count). The molecule has 6 N–H and O–H groups in total. The lowest BCUT2D eigenvalue weighted by Crippen LogP contribution is -2.61. The molecular formula is C76H135NO10. The number of allylic oxidation sites excluding steroid dienone is 13. The molecule has 0 aromatic rings. The van der Waals surface area contributed by atoms with Crippen LogP contribution in [0.1, 0.15) is 323 Å². The van der Waals surface area contributed by atoms with Gasteiger partial charge in [0.1, 0.15) is 24.4 Å². The summed E-state index contributed by atoms with van der Waals surface area (Å²) in [5.74, 6) is -1.20. The number of carbonyl (C=O) groups excluding carboxylic acids is 2. The summed E-state index contributed by atoms with van der Waals surface area (Å²) >= 11 is 0. The minimum atomic E-state index is -1.62. The molecule has 0 radical (unpaired) electrons. The molecule has 87 heavy (non-hydrogen) atoms. The Labute approximate surface area is 533 Å². The zero-order valence-electron chi connectivity index (χ0n) is 56.1. The first kappa shape index (κ1) is 81.9. The first-order chi connectivity index (χ1) is 42.7. The number of hydrogen-bond donors (Lipinski definition) is 6. The van der Waals surface area contributed by atoms with Gasteiger partial charge in [-0.3, -0.25) is 9.59 Å². The number of unbranched alkanes of at least 4 members (excludes halogenated alkanes) is 36. The zero-order chi connectivity index (χ0) is 63.1. The number of aliphatic hydroxyl groups excluding tert-OH is 5. The molecule has 0 bridgehead atoms. The van der Waals surface area contributed by atoms with Gasteiger partial charge in [0.15, 0.2) is 12.4 Å². The Balaban J connectivity index is 2.56. The van der Waals surface area contributed by atoms with Crippen molar-refractivity contribution in [1.82, 2.24) is 5.32 Å². The Morgan fingerprint density at radius 2 is 0.793 bits per heavy atom. The number of rotatable bonds is 62. The normalized spacial score (nSPS) is 18.7. The van der Waals surface area contributed by atoms with Crippen LogP contribution in [0, 0.1) is 0 Å². The van der Waals surface area contributed by atoms with Gasteiger partial charge in [-0.1, -0.05) is 298 Å². The van der Waals surface area contributed by atoms with Gasteiger partial charge >= 0.3 is 5.97 Å². The Morgan fingerprint density at radius 3 is 1.21 bits per heavy atom. The Kier molecular flexibility index (Phi) is 59.3. The first-order valence-corrected chi connectivity index (χ1v) is 36.4. The summed E-state index contributed by atoms with van der Waals surface area (Å²) in [5.41, 5.74) is 0. The number of amides is 1. The molecule has 8 atom stereocenters. The summed E-state index contributed by atoms with van der Waals surface area (Å²) in [6, 6.07) is -1.04. The van der Waals surface area contributed by atoms with Crippen molar-refractivity contribution < 1.29 is 49.3 Å². The summed E-state index contributed by atoms with van der Waals surface area (Å²) in [6.45, 7) is 5.76. The second kappa shape index (κ2) is 63.0. The summed E-state index contributed by atoms with van der Waals surface area (Å²) in [7, 11) is 0. The van der Waals surface area contributed by atoms with Crippen LogP contribution in [0.25, 0.3) is 0 Å². The fourth-order valence-corrected chi connectivity index (χ4v) is 11.0. The highest BCUT2D eigenvalue weighted by Gasteiger charge is 2.47. The van der Waals surface area contributed by atoms with Gasteiger partial charge in [0.2, 0.25) is 5.91 Å². The van der Waals surface area contributed by atoms with Crippen molar-refractivity contribution >= 4 is 11.9 Å². The molecule has 1 heterocycles. The van der Waals surface area contributed by atoms with E-state index in [4.69, 9.17) is 14.2 Å². The van der Waals surface area contributed by atoms with E-state index in [0.29, 0.717) is 12.8 Å². The Hall–Kier alpha value is -3.16. The van der Waals surface area contributed by atoms with Gasteiger partial charge in [0.05, 0.1) is 25.4 Å². The molecule has 0 aromatic carbocycles. The third-order valence-corrected chi connectivity index (χ3v) is 16.8. The van der Waals surface area contributed by atoms with Crippen molar-refractivity contribution in [2.45, 2.75) is 372 Å². The van der Waals surface area contributed by atoms with Crippen LogP contribution in [-0.4, -0.2) is 99.6 Å². The molecule has 1 fully saturated rings. The van der Waals surface area contributed by atoms with Gasteiger partial charge in [0, 0.05) is 6.42 Å². The van der Waals surface area contributed by atoms with Crippen molar-refractivity contribution in [3.63, 3.8) is 0 Å². The van der Waals surface area contributed by atoms with Gasteiger partial charge in [0.25, 0.3) is 0 Å². The maximum absolute atomic E-state index is 13.5. The molecule has 0 aromatic heterocycles. The van der Waals surface area contributed by atoms with Crippen molar-refractivity contribution in [2.75, 3.05) is 13.2 Å². The van der Waals surface area contributed by atoms with Crippen LogP contribution in [-0.2, 0) is 23.8 Å². The zero-order valence-corrected chi connectivity index (χ0v) is 56.1. The number of ether oxygens (including phenoxy) is 3. The number of carbonyl (C=O) groups is 2. The van der Waals surface area contributed by atoms with Crippen LogP contribution < -0.4 is 5.32 Å². The molecule has 1 saturated heterocycles. The third kappa shape index (κ3) is 50.2.